The van der Waals surface area contributed by atoms with Crippen molar-refractivity contribution in [2.45, 2.75) is 68.3 Å². The van der Waals surface area contributed by atoms with Crippen LogP contribution in [0.25, 0.3) is 0 Å². The van der Waals surface area contributed by atoms with Gasteiger partial charge in [-0.2, -0.15) is 0 Å². The van der Waals surface area contributed by atoms with Crippen molar-refractivity contribution in [3.05, 3.63) is 29.8 Å². The van der Waals surface area contributed by atoms with Crippen molar-refractivity contribution < 1.29 is 59.1 Å². The predicted octanol–water partition coefficient (Wildman–Crippen LogP) is -2.50. The average molecular weight is 460 g/mol. The second-order valence-electron chi connectivity index (χ2n) is 7.59. The number of rotatable bonds is 6. The number of para-hydroxylation sites is 1. The van der Waals surface area contributed by atoms with Gasteiger partial charge in [0.2, 0.25) is 6.29 Å². The Bertz CT molecular complexity index is 775. The van der Waals surface area contributed by atoms with E-state index in [1.807, 2.05) is 0 Å². The summed E-state index contributed by atoms with van der Waals surface area (Å²) in [4.78, 5) is 12.0. The molecule has 1 aromatic rings. The molecule has 0 radical (unpaired) electrons. The summed E-state index contributed by atoms with van der Waals surface area (Å²) in [6.07, 6.45) is -14.6. The number of hydrogen-bond acceptors (Lipinski definition) is 12. The third-order valence-corrected chi connectivity index (χ3v) is 5.46. The molecule has 12 heteroatoms. The number of carbonyl (C=O) groups is 1. The number of methoxy groups -OCH3 is 1. The Morgan fingerprint density at radius 2 is 1.62 bits per heavy atom. The summed E-state index contributed by atoms with van der Waals surface area (Å²) in [6.45, 7) is 0.787. The molecule has 180 valence electrons. The molecule has 2 aliphatic rings. The van der Waals surface area contributed by atoms with Crippen LogP contribution < -0.4 is 4.74 Å². The average Bonchev–Trinajstić information content (AvgIpc) is 2.80. The van der Waals surface area contributed by atoms with Crippen LogP contribution in [0, 0.1) is 0 Å². The first kappa shape index (κ1) is 24.8. The van der Waals surface area contributed by atoms with Gasteiger partial charge in [-0.25, -0.2) is 4.79 Å². The number of aliphatic hydroxyl groups excluding tert-OH is 6. The molecule has 0 aromatic heterocycles. The fourth-order valence-corrected chi connectivity index (χ4v) is 3.55. The van der Waals surface area contributed by atoms with E-state index in [0.29, 0.717) is 0 Å². The van der Waals surface area contributed by atoms with E-state index in [0.717, 1.165) is 0 Å². The van der Waals surface area contributed by atoms with Crippen molar-refractivity contribution >= 4 is 5.97 Å². The predicted molar refractivity (Wildman–Crippen MR) is 103 cm³/mol. The van der Waals surface area contributed by atoms with Crippen LogP contribution >= 0.6 is 0 Å². The molecule has 6 N–H and O–H groups in total. The maximum atomic E-state index is 12.0. The molecule has 10 atom stereocenters. The Morgan fingerprint density at radius 3 is 2.28 bits per heavy atom. The Balaban J connectivity index is 1.87. The van der Waals surface area contributed by atoms with Crippen LogP contribution in [0.4, 0.5) is 0 Å². The number of esters is 1. The first-order valence-electron chi connectivity index (χ1n) is 10.0. The van der Waals surface area contributed by atoms with E-state index in [-0.39, 0.29) is 11.3 Å². The molecular formula is C20H28O12. The molecule has 10 unspecified atom stereocenters. The van der Waals surface area contributed by atoms with Gasteiger partial charge in [-0.1, -0.05) is 12.1 Å². The molecule has 2 saturated heterocycles. The van der Waals surface area contributed by atoms with Crippen LogP contribution in [-0.4, -0.2) is 112 Å². The second-order valence-corrected chi connectivity index (χ2v) is 7.59. The van der Waals surface area contributed by atoms with Gasteiger partial charge in [-0.05, 0) is 19.1 Å². The number of benzene rings is 1. The van der Waals surface area contributed by atoms with Crippen LogP contribution in [0.3, 0.4) is 0 Å². The first-order valence-corrected chi connectivity index (χ1v) is 10.0. The van der Waals surface area contributed by atoms with E-state index in [1.54, 1.807) is 12.1 Å². The highest BCUT2D eigenvalue weighted by atomic mass is 16.8. The number of carbonyl (C=O) groups excluding carboxylic acids is 1. The van der Waals surface area contributed by atoms with Crippen LogP contribution in [0.2, 0.25) is 0 Å². The van der Waals surface area contributed by atoms with Crippen molar-refractivity contribution in [1.29, 1.82) is 0 Å². The maximum absolute atomic E-state index is 12.0. The highest BCUT2D eigenvalue weighted by Gasteiger charge is 2.51. The number of aliphatic hydroxyl groups is 6. The number of hydrogen-bond donors (Lipinski definition) is 6. The standard InChI is InChI=1S/C20H28O12/c1-8-12(22)14(24)16(26)19(29-8)32-17-15(25)13(23)11(7-21)31-20(17)30-10-6-4-3-5-9(10)18(27)28-2/h3-6,8,11-17,19-26H,7H2,1-2H3. The lowest BCUT2D eigenvalue weighted by atomic mass is 9.97. The van der Waals surface area contributed by atoms with Gasteiger partial charge >= 0.3 is 5.97 Å². The zero-order valence-electron chi connectivity index (χ0n) is 17.4. The maximum Gasteiger partial charge on any atom is 0.341 e. The molecule has 2 heterocycles. The van der Waals surface area contributed by atoms with E-state index in [1.165, 1.54) is 26.2 Å². The summed E-state index contributed by atoms with van der Waals surface area (Å²) in [5.41, 5.74) is 0.0413. The van der Waals surface area contributed by atoms with Crippen LogP contribution in [0.15, 0.2) is 24.3 Å². The lowest BCUT2D eigenvalue weighted by molar-refractivity contribution is -0.354. The lowest BCUT2D eigenvalue weighted by Gasteiger charge is -2.45. The molecule has 0 amide bonds. The fraction of sp³-hybridized carbons (Fsp3) is 0.650. The highest BCUT2D eigenvalue weighted by molar-refractivity contribution is 5.92. The summed E-state index contributed by atoms with van der Waals surface area (Å²) in [5, 5.41) is 60.5. The zero-order valence-corrected chi connectivity index (χ0v) is 17.4. The highest BCUT2D eigenvalue weighted by Crippen LogP contribution is 2.31. The summed E-state index contributed by atoms with van der Waals surface area (Å²) >= 11 is 0. The molecule has 0 spiro atoms. The molecule has 2 fully saturated rings. The molecule has 1 aromatic carbocycles. The molecule has 32 heavy (non-hydrogen) atoms. The summed E-state index contributed by atoms with van der Waals surface area (Å²) in [5.74, 6) is -0.697. The summed E-state index contributed by atoms with van der Waals surface area (Å²) in [7, 11) is 1.19. The fourth-order valence-electron chi connectivity index (χ4n) is 3.55. The van der Waals surface area contributed by atoms with E-state index >= 15 is 0 Å². The lowest BCUT2D eigenvalue weighted by Crippen LogP contribution is -2.64. The minimum atomic E-state index is -1.69. The monoisotopic (exact) mass is 460 g/mol. The van der Waals surface area contributed by atoms with Gasteiger partial charge in [0, 0.05) is 0 Å². The Hall–Kier alpha value is -1.87. The SMILES string of the molecule is COC(=O)c1ccccc1OC1OC(CO)C(O)C(O)C1OC1OC(C)C(O)C(O)C1O. The molecule has 0 bridgehead atoms. The van der Waals surface area contributed by atoms with Gasteiger partial charge in [0.15, 0.2) is 12.4 Å². The third-order valence-electron chi connectivity index (χ3n) is 5.46. The Kier molecular flexibility index (Phi) is 8.03. The molecule has 3 rings (SSSR count). The van der Waals surface area contributed by atoms with Crippen molar-refractivity contribution in [1.82, 2.24) is 0 Å². The van der Waals surface area contributed by atoms with Crippen LogP contribution in [-0.2, 0) is 18.9 Å². The van der Waals surface area contributed by atoms with E-state index in [2.05, 4.69) is 0 Å². The second kappa shape index (κ2) is 10.4. The van der Waals surface area contributed by atoms with Gasteiger partial charge < -0.3 is 54.3 Å². The van der Waals surface area contributed by atoms with Gasteiger partial charge in [-0.15, -0.1) is 0 Å². The Labute approximate surface area is 183 Å². The van der Waals surface area contributed by atoms with Crippen molar-refractivity contribution in [3.63, 3.8) is 0 Å². The summed E-state index contributed by atoms with van der Waals surface area (Å²) < 4.78 is 27.0. The van der Waals surface area contributed by atoms with Crippen molar-refractivity contribution in [2.75, 3.05) is 13.7 Å². The Morgan fingerprint density at radius 1 is 0.938 bits per heavy atom. The van der Waals surface area contributed by atoms with Gasteiger partial charge in [0.25, 0.3) is 0 Å². The molecule has 0 aliphatic carbocycles. The van der Waals surface area contributed by atoms with E-state index in [4.69, 9.17) is 23.7 Å². The van der Waals surface area contributed by atoms with Crippen LogP contribution in [0.1, 0.15) is 17.3 Å². The van der Waals surface area contributed by atoms with Crippen molar-refractivity contribution in [3.8, 4) is 5.75 Å². The quantitative estimate of drug-likeness (QED) is 0.246. The van der Waals surface area contributed by atoms with Crippen molar-refractivity contribution in [2.24, 2.45) is 0 Å². The third kappa shape index (κ3) is 4.88. The normalized spacial score (nSPS) is 40.0. The zero-order chi connectivity index (χ0) is 23.6. The topological polar surface area (TPSA) is 185 Å². The molecular weight excluding hydrogens is 432 g/mol. The van der Waals surface area contributed by atoms with E-state index in [9.17, 15) is 35.4 Å². The molecule has 2 aliphatic heterocycles. The first-order chi connectivity index (χ1) is 15.2. The minimum absolute atomic E-state index is 0.00663. The number of ether oxygens (including phenoxy) is 5. The van der Waals surface area contributed by atoms with Gasteiger partial charge in [-0.3, -0.25) is 0 Å². The van der Waals surface area contributed by atoms with Gasteiger partial charge in [0.05, 0.1) is 19.8 Å². The van der Waals surface area contributed by atoms with Crippen LogP contribution in [0.5, 0.6) is 5.75 Å². The summed E-state index contributed by atoms with van der Waals surface area (Å²) in [6, 6.07) is 6.02. The molecule has 12 nitrogen and oxygen atoms in total. The molecule has 0 saturated carbocycles. The largest absolute Gasteiger partial charge is 0.465 e. The van der Waals surface area contributed by atoms with E-state index < -0.39 is 74.0 Å². The minimum Gasteiger partial charge on any atom is -0.465 e. The smallest absolute Gasteiger partial charge is 0.341 e. The van der Waals surface area contributed by atoms with Gasteiger partial charge in [0.1, 0.15) is 47.9 Å².